The van der Waals surface area contributed by atoms with Crippen LogP contribution in [0.15, 0.2) is 48.6 Å². The number of amides is 1. The number of nitrogens with one attached hydrogen (secondary N) is 1. The zero-order valence-corrected chi connectivity index (χ0v) is 48.2. The van der Waals surface area contributed by atoms with Crippen molar-refractivity contribution in [3.05, 3.63) is 48.6 Å². The Morgan fingerprint density at radius 1 is 0.389 bits per heavy atom. The van der Waals surface area contributed by atoms with Gasteiger partial charge in [-0.3, -0.25) is 9.59 Å². The van der Waals surface area contributed by atoms with Crippen LogP contribution in [0.4, 0.5) is 0 Å². The maximum atomic E-state index is 12.4. The molecule has 3 N–H and O–H groups in total. The average molecular weight is 1010 g/mol. The smallest absolute Gasteiger partial charge is 0.305 e. The quantitative estimate of drug-likeness (QED) is 0.0320. The number of carbonyl (C=O) groups is 2. The Morgan fingerprint density at radius 3 is 1.07 bits per heavy atom. The van der Waals surface area contributed by atoms with Crippen molar-refractivity contribution in [2.45, 2.75) is 347 Å². The highest BCUT2D eigenvalue weighted by atomic mass is 16.5. The molecule has 0 spiro atoms. The summed E-state index contributed by atoms with van der Waals surface area (Å²) in [5.41, 5.74) is 0. The van der Waals surface area contributed by atoms with Gasteiger partial charge < -0.3 is 20.3 Å². The Hall–Kier alpha value is -2.18. The van der Waals surface area contributed by atoms with E-state index in [-0.39, 0.29) is 18.5 Å². The van der Waals surface area contributed by atoms with Crippen molar-refractivity contribution in [3.63, 3.8) is 0 Å². The van der Waals surface area contributed by atoms with E-state index in [0.29, 0.717) is 19.4 Å². The summed E-state index contributed by atoms with van der Waals surface area (Å²) in [6.07, 6.45) is 78.9. The lowest BCUT2D eigenvalue weighted by Crippen LogP contribution is -2.45. The van der Waals surface area contributed by atoms with Gasteiger partial charge in [-0.1, -0.05) is 281 Å². The first-order valence-electron chi connectivity index (χ1n) is 31.9. The van der Waals surface area contributed by atoms with Gasteiger partial charge in [-0.25, -0.2) is 0 Å². The molecule has 0 aromatic rings. The van der Waals surface area contributed by atoms with Gasteiger partial charge in [0.15, 0.2) is 0 Å². The van der Waals surface area contributed by atoms with E-state index < -0.39 is 12.1 Å². The number of unbranched alkanes of at least 4 members (excludes halogenated alkanes) is 42. The highest BCUT2D eigenvalue weighted by molar-refractivity contribution is 5.76. The molecular formula is C66H123NO5. The van der Waals surface area contributed by atoms with Gasteiger partial charge in [-0.2, -0.15) is 0 Å². The summed E-state index contributed by atoms with van der Waals surface area (Å²) in [5, 5.41) is 23.0. The molecule has 0 fully saturated rings. The number of ether oxygens (including phenoxy) is 1. The molecule has 0 saturated heterocycles. The molecule has 0 aromatic heterocycles. The zero-order valence-electron chi connectivity index (χ0n) is 48.2. The van der Waals surface area contributed by atoms with E-state index in [1.54, 1.807) is 6.08 Å². The number of esters is 1. The number of hydrogen-bond acceptors (Lipinski definition) is 5. The number of rotatable bonds is 59. The molecule has 0 radical (unpaired) electrons. The van der Waals surface area contributed by atoms with Crippen LogP contribution in [-0.2, 0) is 14.3 Å². The molecule has 422 valence electrons. The van der Waals surface area contributed by atoms with Gasteiger partial charge in [0.05, 0.1) is 25.4 Å². The highest BCUT2D eigenvalue weighted by Crippen LogP contribution is 2.17. The van der Waals surface area contributed by atoms with Crippen LogP contribution in [0.5, 0.6) is 0 Å². The number of hydrogen-bond donors (Lipinski definition) is 3. The number of carbonyl (C=O) groups excluding carboxylic acids is 2. The fraction of sp³-hybridized carbons (Fsp3) is 0.848. The summed E-state index contributed by atoms with van der Waals surface area (Å²) in [4.78, 5) is 24.4. The van der Waals surface area contributed by atoms with Crippen LogP contribution in [0.2, 0.25) is 0 Å². The third-order valence-corrected chi connectivity index (χ3v) is 14.6. The SMILES string of the molecule is CCCCCCC/C=C\CCCCCCCC(=O)OCCCCCCCCCCC/C=C\C/C=C\CCCCCCCCCCCCCCCCCC(=O)NC(CO)C(O)/C=C/CCCCCCCCCC. The summed E-state index contributed by atoms with van der Waals surface area (Å²) in [7, 11) is 0. The topological polar surface area (TPSA) is 95.9 Å². The van der Waals surface area contributed by atoms with Gasteiger partial charge in [0.2, 0.25) is 5.91 Å². The Morgan fingerprint density at radius 2 is 0.694 bits per heavy atom. The van der Waals surface area contributed by atoms with Crippen molar-refractivity contribution in [2.24, 2.45) is 0 Å². The standard InChI is InChI=1S/C66H123NO5/c1-3-5-7-9-11-13-15-16-37-40-44-48-52-56-60-66(71)72-61-57-53-49-45-41-38-35-33-31-29-27-25-23-21-19-17-18-20-22-24-26-28-30-32-34-36-39-43-47-51-55-59-65(70)67-63(62-68)64(69)58-54-50-46-42-14-12-10-8-6-4-2/h15-16,19,21,25,27,54,58,63-64,68-69H,3-14,17-18,20,22-24,26,28-53,55-57,59-62H2,1-2H3,(H,67,70)/b16-15-,21-19-,27-25-,58-54+. The third kappa shape index (κ3) is 57.1. The van der Waals surface area contributed by atoms with Crippen LogP contribution < -0.4 is 5.32 Å². The summed E-state index contributed by atoms with van der Waals surface area (Å²) < 4.78 is 5.48. The summed E-state index contributed by atoms with van der Waals surface area (Å²) >= 11 is 0. The molecule has 2 atom stereocenters. The highest BCUT2D eigenvalue weighted by Gasteiger charge is 2.18. The van der Waals surface area contributed by atoms with E-state index in [1.165, 1.54) is 257 Å². The van der Waals surface area contributed by atoms with Crippen LogP contribution >= 0.6 is 0 Å². The molecule has 0 heterocycles. The Labute approximate surface area is 448 Å². The molecule has 6 nitrogen and oxygen atoms in total. The second-order valence-corrected chi connectivity index (χ2v) is 21.7. The minimum Gasteiger partial charge on any atom is -0.466 e. The largest absolute Gasteiger partial charge is 0.466 e. The van der Waals surface area contributed by atoms with Gasteiger partial charge in [0, 0.05) is 12.8 Å². The molecule has 6 heteroatoms. The van der Waals surface area contributed by atoms with E-state index in [1.807, 2.05) is 6.08 Å². The van der Waals surface area contributed by atoms with Gasteiger partial charge in [0.1, 0.15) is 0 Å². The van der Waals surface area contributed by atoms with Gasteiger partial charge in [0.25, 0.3) is 0 Å². The van der Waals surface area contributed by atoms with Crippen molar-refractivity contribution in [3.8, 4) is 0 Å². The van der Waals surface area contributed by atoms with Crippen molar-refractivity contribution < 1.29 is 24.5 Å². The van der Waals surface area contributed by atoms with Crippen LogP contribution in [0, 0.1) is 0 Å². The van der Waals surface area contributed by atoms with E-state index in [2.05, 4.69) is 55.6 Å². The minimum atomic E-state index is -0.842. The van der Waals surface area contributed by atoms with Gasteiger partial charge in [-0.15, -0.1) is 0 Å². The van der Waals surface area contributed by atoms with Gasteiger partial charge >= 0.3 is 5.97 Å². The monoisotopic (exact) mass is 1010 g/mol. The first-order valence-corrected chi connectivity index (χ1v) is 31.9. The van der Waals surface area contributed by atoms with E-state index in [4.69, 9.17) is 4.74 Å². The zero-order chi connectivity index (χ0) is 52.2. The molecule has 0 aliphatic carbocycles. The molecule has 0 aliphatic rings. The number of allylic oxidation sites excluding steroid dienone is 7. The normalized spacial score (nSPS) is 12.9. The third-order valence-electron chi connectivity index (χ3n) is 14.6. The van der Waals surface area contributed by atoms with Gasteiger partial charge in [-0.05, 0) is 89.9 Å². The lowest BCUT2D eigenvalue weighted by Gasteiger charge is -2.20. The Bertz CT molecular complexity index is 1210. The second kappa shape index (κ2) is 61.4. The molecular weight excluding hydrogens is 887 g/mol. The minimum absolute atomic E-state index is 0.00397. The van der Waals surface area contributed by atoms with E-state index in [0.717, 1.165) is 51.4 Å². The summed E-state index contributed by atoms with van der Waals surface area (Å²) in [5.74, 6) is -0.0651. The molecule has 2 unspecified atom stereocenters. The van der Waals surface area contributed by atoms with Crippen LogP contribution in [0.3, 0.4) is 0 Å². The molecule has 1 amide bonds. The Balaban J connectivity index is 3.39. The van der Waals surface area contributed by atoms with Crippen molar-refractivity contribution >= 4 is 11.9 Å². The van der Waals surface area contributed by atoms with Crippen LogP contribution in [0.25, 0.3) is 0 Å². The molecule has 0 aliphatic heterocycles. The lowest BCUT2D eigenvalue weighted by atomic mass is 10.0. The lowest BCUT2D eigenvalue weighted by molar-refractivity contribution is -0.143. The Kier molecular flexibility index (Phi) is 59.5. The van der Waals surface area contributed by atoms with E-state index in [9.17, 15) is 19.8 Å². The predicted octanol–water partition coefficient (Wildman–Crippen LogP) is 20.1. The predicted molar refractivity (Wildman–Crippen MR) is 315 cm³/mol. The van der Waals surface area contributed by atoms with Crippen molar-refractivity contribution in [1.29, 1.82) is 0 Å². The fourth-order valence-corrected chi connectivity index (χ4v) is 9.66. The molecule has 0 bridgehead atoms. The first-order chi connectivity index (χ1) is 35.5. The van der Waals surface area contributed by atoms with Crippen molar-refractivity contribution in [2.75, 3.05) is 13.2 Å². The summed E-state index contributed by atoms with van der Waals surface area (Å²) in [6, 6.07) is -0.626. The molecule has 0 rings (SSSR count). The summed E-state index contributed by atoms with van der Waals surface area (Å²) in [6.45, 7) is 4.88. The number of aliphatic hydroxyl groups is 2. The maximum absolute atomic E-state index is 12.4. The maximum Gasteiger partial charge on any atom is 0.305 e. The van der Waals surface area contributed by atoms with E-state index >= 15 is 0 Å². The molecule has 72 heavy (non-hydrogen) atoms. The average Bonchev–Trinajstić information content (AvgIpc) is 3.38. The fourth-order valence-electron chi connectivity index (χ4n) is 9.66. The second-order valence-electron chi connectivity index (χ2n) is 21.7. The molecule has 0 saturated carbocycles. The van der Waals surface area contributed by atoms with Crippen molar-refractivity contribution in [1.82, 2.24) is 5.32 Å². The number of aliphatic hydroxyl groups excluding tert-OH is 2. The molecule has 0 aromatic carbocycles. The first kappa shape index (κ1) is 69.8. The van der Waals surface area contributed by atoms with Crippen LogP contribution in [-0.4, -0.2) is 47.4 Å². The van der Waals surface area contributed by atoms with Crippen LogP contribution in [0.1, 0.15) is 335 Å².